The summed E-state index contributed by atoms with van der Waals surface area (Å²) in [4.78, 5) is 23.0. The lowest BCUT2D eigenvalue weighted by atomic mass is 10.2. The third-order valence-corrected chi connectivity index (χ3v) is 4.68. The Morgan fingerprint density at radius 2 is 1.96 bits per heavy atom. The third kappa shape index (κ3) is 4.68. The molecule has 2 aromatic carbocycles. The predicted molar refractivity (Wildman–Crippen MR) is 106 cm³/mol. The van der Waals surface area contributed by atoms with Gasteiger partial charge in [0.2, 0.25) is 0 Å². The third-order valence-electron chi connectivity index (χ3n) is 3.57. The molecule has 8 heteroatoms. The molecule has 0 aliphatic heterocycles. The molecule has 3 rings (SSSR count). The van der Waals surface area contributed by atoms with Gasteiger partial charge in [0.1, 0.15) is 5.75 Å². The first-order valence-corrected chi connectivity index (χ1v) is 9.02. The van der Waals surface area contributed by atoms with E-state index in [2.05, 4.69) is 10.5 Å². The number of nitrogens with one attached hydrogen (secondary N) is 1. The summed E-state index contributed by atoms with van der Waals surface area (Å²) in [6, 6.07) is 13.5. The smallest absolute Gasteiger partial charge is 0.281 e. The van der Waals surface area contributed by atoms with Crippen LogP contribution in [-0.4, -0.2) is 23.1 Å². The number of amides is 1. The first-order chi connectivity index (χ1) is 12.9. The molecule has 0 saturated carbocycles. The maximum absolute atomic E-state index is 12.2. The number of nitrogens with zero attached hydrogens (tertiary/aromatic N) is 2. The number of benzene rings is 2. The Balaban J connectivity index is 1.65. The van der Waals surface area contributed by atoms with Crippen LogP contribution in [0.4, 0.5) is 5.69 Å². The summed E-state index contributed by atoms with van der Waals surface area (Å²) in [5.74, 6) is 0.403. The van der Waals surface area contributed by atoms with Crippen LogP contribution >= 0.6 is 11.3 Å². The van der Waals surface area contributed by atoms with Crippen LogP contribution in [0.5, 0.6) is 5.75 Å². The predicted octanol–water partition coefficient (Wildman–Crippen LogP) is 4.36. The lowest BCUT2D eigenvalue weighted by Gasteiger charge is -2.09. The molecule has 0 saturated heterocycles. The summed E-state index contributed by atoms with van der Waals surface area (Å²) in [7, 11) is 0. The molecule has 0 spiro atoms. The van der Waals surface area contributed by atoms with Crippen LogP contribution in [0.25, 0.3) is 10.1 Å². The molecule has 0 bridgehead atoms. The number of carbonyl (C=O) groups excluding carboxylic acids is 1. The van der Waals surface area contributed by atoms with Crippen LogP contribution in [0.3, 0.4) is 0 Å². The van der Waals surface area contributed by atoms with Gasteiger partial charge in [-0.2, -0.15) is 5.10 Å². The van der Waals surface area contributed by atoms with E-state index in [4.69, 9.17) is 4.74 Å². The Morgan fingerprint density at radius 3 is 2.63 bits per heavy atom. The molecule has 0 aliphatic rings. The number of ether oxygens (including phenoxy) is 1. The number of hydrazone groups is 1. The van der Waals surface area contributed by atoms with Gasteiger partial charge in [-0.1, -0.05) is 0 Å². The van der Waals surface area contributed by atoms with Gasteiger partial charge >= 0.3 is 0 Å². The van der Waals surface area contributed by atoms with Crippen LogP contribution < -0.4 is 10.2 Å². The molecular weight excluding hydrogens is 366 g/mol. The van der Waals surface area contributed by atoms with Gasteiger partial charge in [0.15, 0.2) is 0 Å². The minimum atomic E-state index is -0.460. The van der Waals surface area contributed by atoms with Crippen LogP contribution in [-0.2, 0) is 0 Å². The Bertz CT molecular complexity index is 1010. The highest BCUT2D eigenvalue weighted by atomic mass is 32.1. The van der Waals surface area contributed by atoms with Gasteiger partial charge in [-0.25, -0.2) is 5.43 Å². The number of hydrogen-bond acceptors (Lipinski definition) is 6. The number of thiophene rings is 1. The molecule has 0 atom stereocenters. The van der Waals surface area contributed by atoms with E-state index in [-0.39, 0.29) is 17.7 Å². The van der Waals surface area contributed by atoms with Gasteiger partial charge in [0, 0.05) is 22.2 Å². The van der Waals surface area contributed by atoms with E-state index in [1.54, 1.807) is 12.1 Å². The molecule has 0 radical (unpaired) electrons. The normalized spacial score (nSPS) is 11.2. The van der Waals surface area contributed by atoms with Gasteiger partial charge in [-0.3, -0.25) is 14.9 Å². The fourth-order valence-corrected chi connectivity index (χ4v) is 3.31. The van der Waals surface area contributed by atoms with E-state index >= 15 is 0 Å². The standard InChI is InChI=1S/C19H17N3O4S/c1-12(2)26-16-6-3-13(4-7-16)11-20-21-19(23)18-10-14-9-15(22(24)25)5-8-17(14)27-18/h3-12H,1-2H3,(H,21,23)/b20-11-. The first-order valence-electron chi connectivity index (χ1n) is 8.20. The van der Waals surface area contributed by atoms with Gasteiger partial charge in [0.25, 0.3) is 11.6 Å². The maximum atomic E-state index is 12.2. The minimum absolute atomic E-state index is 0.00447. The summed E-state index contributed by atoms with van der Waals surface area (Å²) >= 11 is 1.25. The number of carbonyl (C=O) groups is 1. The topological polar surface area (TPSA) is 93.8 Å². The molecule has 7 nitrogen and oxygen atoms in total. The molecule has 1 heterocycles. The quantitative estimate of drug-likeness (QED) is 0.389. The molecule has 0 aliphatic carbocycles. The van der Waals surface area contributed by atoms with Crippen molar-refractivity contribution >= 4 is 39.2 Å². The molecule has 1 amide bonds. The van der Waals surface area contributed by atoms with Crippen LogP contribution in [0.1, 0.15) is 29.1 Å². The van der Waals surface area contributed by atoms with Crippen molar-refractivity contribution in [3.8, 4) is 5.75 Å². The van der Waals surface area contributed by atoms with Crippen LogP contribution in [0.15, 0.2) is 53.6 Å². The van der Waals surface area contributed by atoms with Gasteiger partial charge in [-0.15, -0.1) is 11.3 Å². The number of non-ortho nitro benzene ring substituents is 1. The Morgan fingerprint density at radius 1 is 1.22 bits per heavy atom. The number of fused-ring (bicyclic) bond motifs is 1. The SMILES string of the molecule is CC(C)Oc1ccc(/C=N\NC(=O)c2cc3cc([N+](=O)[O-])ccc3s2)cc1. The molecule has 0 unspecified atom stereocenters. The van der Waals surface area contributed by atoms with Crippen molar-refractivity contribution in [2.75, 3.05) is 0 Å². The highest BCUT2D eigenvalue weighted by molar-refractivity contribution is 7.20. The second-order valence-corrected chi connectivity index (χ2v) is 7.11. The summed E-state index contributed by atoms with van der Waals surface area (Å²) in [6.07, 6.45) is 1.64. The van der Waals surface area contributed by atoms with Crippen LogP contribution in [0.2, 0.25) is 0 Å². The summed E-state index contributed by atoms with van der Waals surface area (Å²) in [5.41, 5.74) is 3.28. The number of rotatable bonds is 6. The van der Waals surface area contributed by atoms with E-state index in [0.29, 0.717) is 10.3 Å². The fourth-order valence-electron chi connectivity index (χ4n) is 2.38. The van der Waals surface area contributed by atoms with Gasteiger partial charge in [0.05, 0.1) is 22.1 Å². The second-order valence-electron chi connectivity index (χ2n) is 6.02. The molecule has 27 heavy (non-hydrogen) atoms. The highest BCUT2D eigenvalue weighted by Gasteiger charge is 2.12. The summed E-state index contributed by atoms with van der Waals surface area (Å²) < 4.78 is 6.37. The largest absolute Gasteiger partial charge is 0.491 e. The van der Waals surface area contributed by atoms with Crippen molar-refractivity contribution < 1.29 is 14.5 Å². The molecular formula is C19H17N3O4S. The van der Waals surface area contributed by atoms with Crippen LogP contribution in [0, 0.1) is 10.1 Å². The summed E-state index contributed by atoms with van der Waals surface area (Å²) in [5, 5.41) is 15.5. The zero-order chi connectivity index (χ0) is 19.4. The Kier molecular flexibility index (Phi) is 5.46. The van der Waals surface area contributed by atoms with Crippen molar-refractivity contribution in [1.82, 2.24) is 5.43 Å². The first kappa shape index (κ1) is 18.5. The van der Waals surface area contributed by atoms with Gasteiger partial charge < -0.3 is 4.74 Å². The minimum Gasteiger partial charge on any atom is -0.491 e. The van der Waals surface area contributed by atoms with Crippen molar-refractivity contribution in [2.24, 2.45) is 5.10 Å². The second kappa shape index (κ2) is 7.96. The zero-order valence-corrected chi connectivity index (χ0v) is 15.5. The molecule has 3 aromatic rings. The maximum Gasteiger partial charge on any atom is 0.281 e. The average Bonchev–Trinajstić information content (AvgIpc) is 3.06. The van der Waals surface area contributed by atoms with Crippen molar-refractivity contribution in [3.05, 3.63) is 69.1 Å². The Hall–Kier alpha value is -3.26. The monoisotopic (exact) mass is 383 g/mol. The van der Waals surface area contributed by atoms with E-state index in [1.807, 2.05) is 38.1 Å². The molecule has 1 N–H and O–H groups in total. The van der Waals surface area contributed by atoms with Gasteiger partial charge in [-0.05, 0) is 55.8 Å². The van der Waals surface area contributed by atoms with Crippen molar-refractivity contribution in [1.29, 1.82) is 0 Å². The molecule has 0 fully saturated rings. The summed E-state index contributed by atoms with van der Waals surface area (Å²) in [6.45, 7) is 3.91. The fraction of sp³-hybridized carbons (Fsp3) is 0.158. The molecule has 1 aromatic heterocycles. The highest BCUT2D eigenvalue weighted by Crippen LogP contribution is 2.28. The Labute approximate surface area is 159 Å². The number of hydrogen-bond donors (Lipinski definition) is 1. The zero-order valence-electron chi connectivity index (χ0n) is 14.7. The molecule has 138 valence electrons. The lowest BCUT2D eigenvalue weighted by Crippen LogP contribution is -2.16. The van der Waals surface area contributed by atoms with E-state index in [1.165, 1.54) is 29.7 Å². The number of nitro benzene ring substituents is 1. The average molecular weight is 383 g/mol. The lowest BCUT2D eigenvalue weighted by molar-refractivity contribution is -0.384. The number of nitro groups is 1. The van der Waals surface area contributed by atoms with E-state index in [0.717, 1.165) is 16.0 Å². The van der Waals surface area contributed by atoms with Crippen molar-refractivity contribution in [2.45, 2.75) is 20.0 Å². The van der Waals surface area contributed by atoms with Crippen molar-refractivity contribution in [3.63, 3.8) is 0 Å². The van der Waals surface area contributed by atoms with E-state index < -0.39 is 4.92 Å². The van der Waals surface area contributed by atoms with E-state index in [9.17, 15) is 14.9 Å².